The number of carbonyl (C=O) groups excluding carboxylic acids is 2. The summed E-state index contributed by atoms with van der Waals surface area (Å²) in [4.78, 5) is 37.6. The van der Waals surface area contributed by atoms with Crippen molar-refractivity contribution in [3.8, 4) is 0 Å². The number of benzene rings is 1. The lowest BCUT2D eigenvalue weighted by molar-refractivity contribution is 0.00869. The van der Waals surface area contributed by atoms with Gasteiger partial charge in [-0.15, -0.1) is 0 Å². The largest absolute Gasteiger partial charge is 0.444 e. The Hall–Kier alpha value is -2.76. The van der Waals surface area contributed by atoms with E-state index in [2.05, 4.69) is 20.6 Å². The van der Waals surface area contributed by atoms with Crippen LogP contribution in [-0.2, 0) is 15.0 Å². The summed E-state index contributed by atoms with van der Waals surface area (Å²) in [5, 5.41) is 6.04. The van der Waals surface area contributed by atoms with Crippen LogP contribution < -0.4 is 10.6 Å². The van der Waals surface area contributed by atoms with Gasteiger partial charge in [-0.3, -0.25) is 15.1 Å². The summed E-state index contributed by atoms with van der Waals surface area (Å²) in [6.45, 7) is 6.07. The normalized spacial score (nSPS) is 22.0. The van der Waals surface area contributed by atoms with E-state index in [-0.39, 0.29) is 11.7 Å². The third-order valence-corrected chi connectivity index (χ3v) is 6.70. The number of nitrogens with one attached hydrogen (secondary N) is 2. The summed E-state index contributed by atoms with van der Waals surface area (Å²) in [6.07, 6.45) is 2.41. The Morgan fingerprint density at radius 1 is 1.26 bits per heavy atom. The van der Waals surface area contributed by atoms with Gasteiger partial charge in [0.05, 0.1) is 17.2 Å². The van der Waals surface area contributed by atoms with Gasteiger partial charge in [0.15, 0.2) is 5.17 Å². The fourth-order valence-electron chi connectivity index (χ4n) is 3.94. The number of nitrogens with zero attached hydrogens (tertiary/aromatic N) is 3. The fraction of sp³-hybridized carbons (Fsp3) is 0.435. The van der Waals surface area contributed by atoms with Crippen molar-refractivity contribution >= 4 is 46.2 Å². The summed E-state index contributed by atoms with van der Waals surface area (Å²) in [5.74, 6) is -0.674. The van der Waals surface area contributed by atoms with E-state index < -0.39 is 29.0 Å². The maximum atomic E-state index is 15.3. The van der Waals surface area contributed by atoms with Crippen LogP contribution >= 0.6 is 23.4 Å². The summed E-state index contributed by atoms with van der Waals surface area (Å²) in [7, 11) is 0. The lowest BCUT2D eigenvalue weighted by Crippen LogP contribution is -2.48. The van der Waals surface area contributed by atoms with Crippen molar-refractivity contribution in [1.82, 2.24) is 15.3 Å². The molecule has 1 aromatic carbocycles. The molecule has 0 saturated carbocycles. The number of aromatic nitrogens is 2. The number of anilines is 1. The number of aliphatic imine (C=N–C) groups is 1. The molecule has 3 heterocycles. The lowest BCUT2D eigenvalue weighted by atomic mass is 9.75. The van der Waals surface area contributed by atoms with Crippen molar-refractivity contribution in [1.29, 1.82) is 0 Å². The number of fused-ring (bicyclic) bond motifs is 1. The zero-order chi connectivity index (χ0) is 25.2. The molecule has 0 spiro atoms. The van der Waals surface area contributed by atoms with Crippen LogP contribution in [0.15, 0.2) is 35.6 Å². The molecule has 1 saturated heterocycles. The first-order valence-corrected chi connectivity index (χ1v) is 12.3. The molecule has 35 heavy (non-hydrogen) atoms. The van der Waals surface area contributed by atoms with Crippen LogP contribution in [0.25, 0.3) is 0 Å². The Balaban J connectivity index is 1.65. The highest BCUT2D eigenvalue weighted by Crippen LogP contribution is 2.46. The predicted molar refractivity (Wildman–Crippen MR) is 131 cm³/mol. The van der Waals surface area contributed by atoms with Gasteiger partial charge in [0.2, 0.25) is 5.82 Å². The molecule has 186 valence electrons. The van der Waals surface area contributed by atoms with Crippen LogP contribution in [0.2, 0.25) is 5.02 Å². The van der Waals surface area contributed by atoms with Crippen LogP contribution in [0.5, 0.6) is 0 Å². The first kappa shape index (κ1) is 25.3. The number of ether oxygens (including phenoxy) is 2. The van der Waals surface area contributed by atoms with Crippen molar-refractivity contribution in [2.24, 2.45) is 10.9 Å². The van der Waals surface area contributed by atoms with E-state index in [1.807, 2.05) is 0 Å². The van der Waals surface area contributed by atoms with Crippen LogP contribution in [0.1, 0.15) is 43.4 Å². The number of hydrogen-bond donors (Lipinski definition) is 2. The minimum atomic E-state index is -0.977. The van der Waals surface area contributed by atoms with Gasteiger partial charge in [0.1, 0.15) is 11.4 Å². The van der Waals surface area contributed by atoms with E-state index in [9.17, 15) is 9.59 Å². The maximum absolute atomic E-state index is 15.3. The molecule has 2 aromatic rings. The van der Waals surface area contributed by atoms with Crippen molar-refractivity contribution in [2.45, 2.75) is 38.3 Å². The average molecular weight is 522 g/mol. The fourth-order valence-corrected chi connectivity index (χ4v) is 5.15. The molecule has 0 aliphatic carbocycles. The summed E-state index contributed by atoms with van der Waals surface area (Å²) < 4.78 is 26.3. The van der Waals surface area contributed by atoms with Gasteiger partial charge in [-0.25, -0.2) is 19.2 Å². The van der Waals surface area contributed by atoms with Crippen molar-refractivity contribution in [3.05, 3.63) is 52.8 Å². The number of alkyl carbamates (subject to hydrolysis) is 1. The second kappa shape index (κ2) is 10.1. The highest BCUT2D eigenvalue weighted by atomic mass is 35.5. The van der Waals surface area contributed by atoms with Crippen LogP contribution in [0, 0.1) is 11.7 Å². The first-order chi connectivity index (χ1) is 16.6. The molecule has 4 rings (SSSR count). The zero-order valence-corrected chi connectivity index (χ0v) is 21.0. The molecule has 2 aliphatic heterocycles. The average Bonchev–Trinajstić information content (AvgIpc) is 2.79. The molecule has 2 aliphatic rings. The first-order valence-electron chi connectivity index (χ1n) is 10.9. The van der Waals surface area contributed by atoms with Crippen LogP contribution in [0.4, 0.5) is 14.9 Å². The highest BCUT2D eigenvalue weighted by Gasteiger charge is 2.47. The van der Waals surface area contributed by atoms with Gasteiger partial charge >= 0.3 is 6.09 Å². The van der Waals surface area contributed by atoms with Gasteiger partial charge in [0.25, 0.3) is 5.91 Å². The molecule has 1 aromatic heterocycles. The van der Waals surface area contributed by atoms with E-state index in [1.54, 1.807) is 26.8 Å². The monoisotopic (exact) mass is 521 g/mol. The molecule has 0 bridgehead atoms. The quantitative estimate of drug-likeness (QED) is 0.615. The highest BCUT2D eigenvalue weighted by molar-refractivity contribution is 8.13. The number of hydrogen-bond acceptors (Lipinski definition) is 8. The number of amidine groups is 1. The Bertz CT molecular complexity index is 1160. The smallest absolute Gasteiger partial charge is 0.413 e. The number of rotatable bonds is 3. The minimum Gasteiger partial charge on any atom is -0.444 e. The SMILES string of the molecule is CC(C)(C)OC(=O)NC1=N[C@@]2(c3cc(NC(=O)c4ncc(Cl)cn4)ccc3F)CCOCC2CS1. The molecule has 12 heteroatoms. The zero-order valence-electron chi connectivity index (χ0n) is 19.4. The van der Waals surface area contributed by atoms with Crippen molar-refractivity contribution in [2.75, 3.05) is 24.3 Å². The van der Waals surface area contributed by atoms with Crippen molar-refractivity contribution < 1.29 is 23.5 Å². The van der Waals surface area contributed by atoms with Crippen molar-refractivity contribution in [3.63, 3.8) is 0 Å². The van der Waals surface area contributed by atoms with E-state index in [4.69, 9.17) is 26.1 Å². The molecule has 9 nitrogen and oxygen atoms in total. The predicted octanol–water partition coefficient (Wildman–Crippen LogP) is 4.38. The standard InChI is InChI=1S/C23H25ClFN5O4S/c1-22(2,3)34-21(32)29-20-30-23(6-7-33-11-13(23)12-35-20)16-8-15(4-5-17(16)25)28-19(31)18-26-9-14(24)10-27-18/h4-5,8-10,13H,6-7,11-12H2,1-3H3,(H,28,31)(H,29,30,32)/t13?,23-/m0/s1. The third kappa shape index (κ3) is 5.91. The Morgan fingerprint density at radius 2 is 2.00 bits per heavy atom. The second-order valence-corrected chi connectivity index (χ2v) is 10.6. The number of thioether (sulfide) groups is 1. The minimum absolute atomic E-state index is 0.0710. The van der Waals surface area contributed by atoms with Crippen LogP contribution in [-0.4, -0.2) is 51.7 Å². The van der Waals surface area contributed by atoms with Gasteiger partial charge in [-0.05, 0) is 39.0 Å². The Labute approximate surface area is 211 Å². The summed E-state index contributed by atoms with van der Waals surface area (Å²) in [6, 6.07) is 4.30. The van der Waals surface area contributed by atoms with Crippen LogP contribution in [0.3, 0.4) is 0 Å². The van der Waals surface area contributed by atoms with Gasteiger partial charge in [-0.2, -0.15) is 0 Å². The maximum Gasteiger partial charge on any atom is 0.413 e. The second-order valence-electron chi connectivity index (χ2n) is 9.17. The molecule has 2 amide bonds. The van der Waals surface area contributed by atoms with E-state index in [0.29, 0.717) is 46.8 Å². The molecule has 2 atom stereocenters. The number of carbonyl (C=O) groups is 2. The molecule has 1 unspecified atom stereocenters. The van der Waals surface area contributed by atoms with E-state index in [0.717, 1.165) is 0 Å². The van der Waals surface area contributed by atoms with E-state index in [1.165, 1.54) is 36.3 Å². The topological polar surface area (TPSA) is 115 Å². The van der Waals surface area contributed by atoms with Gasteiger partial charge < -0.3 is 14.8 Å². The Morgan fingerprint density at radius 3 is 2.71 bits per heavy atom. The summed E-state index contributed by atoms with van der Waals surface area (Å²) in [5.41, 5.74) is -0.978. The third-order valence-electron chi connectivity index (χ3n) is 5.47. The molecule has 1 fully saturated rings. The lowest BCUT2D eigenvalue weighted by Gasteiger charge is -2.44. The van der Waals surface area contributed by atoms with E-state index >= 15 is 4.39 Å². The molecular weight excluding hydrogens is 497 g/mol. The Kier molecular flexibility index (Phi) is 7.30. The summed E-state index contributed by atoms with van der Waals surface area (Å²) >= 11 is 7.14. The number of halogens is 2. The molecule has 0 radical (unpaired) electrons. The van der Waals surface area contributed by atoms with Gasteiger partial charge in [0, 0.05) is 48.3 Å². The molecule has 2 N–H and O–H groups in total. The molecular formula is C23H25ClFN5O4S. The number of amides is 2. The van der Waals surface area contributed by atoms with Gasteiger partial charge in [-0.1, -0.05) is 23.4 Å².